The molecule has 0 spiro atoms. The molecule has 1 saturated heterocycles. The van der Waals surface area contributed by atoms with Gasteiger partial charge in [-0.3, -0.25) is 9.59 Å². The Hall–Kier alpha value is -3.23. The van der Waals surface area contributed by atoms with Gasteiger partial charge in [-0.15, -0.1) is 0 Å². The van der Waals surface area contributed by atoms with Gasteiger partial charge in [0, 0.05) is 25.6 Å². The number of para-hydroxylation sites is 2. The van der Waals surface area contributed by atoms with Gasteiger partial charge in [0.25, 0.3) is 0 Å². The number of nitrogens with one attached hydrogen (secondary N) is 1. The third kappa shape index (κ3) is 7.74. The number of hydrogen-bond acceptors (Lipinski definition) is 6. The summed E-state index contributed by atoms with van der Waals surface area (Å²) < 4.78 is 13.6. The minimum Gasteiger partial charge on any atom is -0.463 e. The molecule has 0 radical (unpaired) electrons. The Bertz CT molecular complexity index is 1290. The van der Waals surface area contributed by atoms with Crippen LogP contribution in [-0.2, 0) is 37.4 Å². The zero-order chi connectivity index (χ0) is 29.5. The highest BCUT2D eigenvalue weighted by molar-refractivity contribution is 5.82. The number of likely N-dealkylation sites (tertiary alicyclic amines) is 1. The topological polar surface area (TPSA) is 85.7 Å². The number of ether oxygens (including phenoxy) is 2. The van der Waals surface area contributed by atoms with E-state index >= 15 is 0 Å². The van der Waals surface area contributed by atoms with E-state index in [2.05, 4.69) is 51.2 Å². The Morgan fingerprint density at radius 2 is 1.76 bits per heavy atom. The Balaban J connectivity index is 1.29. The van der Waals surface area contributed by atoms with Crippen LogP contribution in [0.25, 0.3) is 11.0 Å². The molecule has 3 aromatic rings. The molecule has 1 aliphatic heterocycles. The fraction of sp³-hybridized carbons (Fsp3) is 0.545. The van der Waals surface area contributed by atoms with Crippen LogP contribution >= 0.6 is 0 Å². The minimum atomic E-state index is -0.781. The summed E-state index contributed by atoms with van der Waals surface area (Å²) in [7, 11) is 0. The summed E-state index contributed by atoms with van der Waals surface area (Å²) in [5.41, 5.74) is 3.05. The molecule has 8 heteroatoms. The fourth-order valence-corrected chi connectivity index (χ4v) is 5.48. The lowest BCUT2D eigenvalue weighted by Crippen LogP contribution is -2.45. The number of carbonyl (C=O) groups is 2. The molecule has 0 aliphatic carbocycles. The predicted octanol–water partition coefficient (Wildman–Crippen LogP) is 4.84. The van der Waals surface area contributed by atoms with E-state index in [4.69, 9.17) is 14.5 Å². The summed E-state index contributed by atoms with van der Waals surface area (Å²) in [4.78, 5) is 31.2. The largest absolute Gasteiger partial charge is 0.463 e. The number of carbonyl (C=O) groups excluding carboxylic acids is 2. The van der Waals surface area contributed by atoms with Crippen LogP contribution < -0.4 is 5.32 Å². The molecule has 1 fully saturated rings. The first kappa shape index (κ1) is 30.7. The number of nitrogens with zero attached hydrogens (tertiary/aromatic N) is 3. The monoisotopic (exact) mass is 562 g/mol. The van der Waals surface area contributed by atoms with Crippen LogP contribution in [0.2, 0.25) is 0 Å². The van der Waals surface area contributed by atoms with Crippen molar-refractivity contribution in [2.24, 2.45) is 0 Å². The predicted molar refractivity (Wildman–Crippen MR) is 162 cm³/mol. The lowest BCUT2D eigenvalue weighted by Gasteiger charge is -2.32. The van der Waals surface area contributed by atoms with Crippen molar-refractivity contribution in [2.45, 2.75) is 77.3 Å². The zero-order valence-electron chi connectivity index (χ0n) is 25.3. The van der Waals surface area contributed by atoms with Crippen molar-refractivity contribution in [3.8, 4) is 0 Å². The molecule has 0 unspecified atom stereocenters. The number of amides is 1. The van der Waals surface area contributed by atoms with Crippen molar-refractivity contribution >= 4 is 23.4 Å². The van der Waals surface area contributed by atoms with Crippen molar-refractivity contribution in [2.75, 3.05) is 39.5 Å². The molecular formula is C33H46N4O4. The number of esters is 1. The Morgan fingerprint density at radius 1 is 1.05 bits per heavy atom. The van der Waals surface area contributed by atoms with E-state index in [1.165, 1.54) is 16.9 Å². The Labute approximate surface area is 244 Å². The molecule has 8 nitrogen and oxygen atoms in total. The van der Waals surface area contributed by atoms with Gasteiger partial charge in [-0.25, -0.2) is 4.98 Å². The molecule has 1 N–H and O–H groups in total. The van der Waals surface area contributed by atoms with Gasteiger partial charge >= 0.3 is 5.97 Å². The molecule has 2 aromatic carbocycles. The minimum absolute atomic E-state index is 0.119. The van der Waals surface area contributed by atoms with Gasteiger partial charge < -0.3 is 24.3 Å². The van der Waals surface area contributed by atoms with Crippen molar-refractivity contribution in [1.29, 1.82) is 0 Å². The lowest BCUT2D eigenvalue weighted by atomic mass is 9.84. The normalized spacial score (nSPS) is 15.2. The third-order valence-electron chi connectivity index (χ3n) is 8.22. The molecule has 1 amide bonds. The first-order valence-electron chi connectivity index (χ1n) is 14.9. The Morgan fingerprint density at radius 3 is 2.44 bits per heavy atom. The molecule has 4 rings (SSSR count). The molecule has 1 aromatic heterocycles. The van der Waals surface area contributed by atoms with Crippen LogP contribution in [0.5, 0.6) is 0 Å². The van der Waals surface area contributed by atoms with Crippen molar-refractivity contribution < 1.29 is 19.1 Å². The van der Waals surface area contributed by atoms with E-state index in [-0.39, 0.29) is 12.6 Å². The third-order valence-corrected chi connectivity index (χ3v) is 8.22. The molecular weight excluding hydrogens is 516 g/mol. The van der Waals surface area contributed by atoms with Crippen molar-refractivity contribution in [3.05, 3.63) is 65.5 Å². The highest BCUT2D eigenvalue weighted by Gasteiger charge is 2.33. The standard InChI is InChI=1S/C33H46N4O4/c1-6-40-22-21-37-29-10-8-7-9-28(29)35-30(37)26-16-19-36(20-17-26)18-15-25-11-13-27(14-12-25)33(4,5)31(39)41-23-32(2,3)34-24-38/h7-14,24,26H,6,15-23H2,1-5H3,(H,34,38). The van der Waals surface area contributed by atoms with E-state index in [1.54, 1.807) is 0 Å². The van der Waals surface area contributed by atoms with Crippen LogP contribution in [0.1, 0.15) is 70.3 Å². The number of benzene rings is 2. The van der Waals surface area contributed by atoms with E-state index in [9.17, 15) is 9.59 Å². The van der Waals surface area contributed by atoms with Gasteiger partial charge in [-0.2, -0.15) is 0 Å². The number of aromatic nitrogens is 2. The van der Waals surface area contributed by atoms with Crippen molar-refractivity contribution in [1.82, 2.24) is 19.8 Å². The maximum atomic E-state index is 12.8. The average Bonchev–Trinajstić information content (AvgIpc) is 3.34. The summed E-state index contributed by atoms with van der Waals surface area (Å²) >= 11 is 0. The summed E-state index contributed by atoms with van der Waals surface area (Å²) in [6.45, 7) is 14.9. The summed E-state index contributed by atoms with van der Waals surface area (Å²) in [6, 6.07) is 16.7. The van der Waals surface area contributed by atoms with Gasteiger partial charge in [0.05, 0.1) is 28.6 Å². The van der Waals surface area contributed by atoms with Gasteiger partial charge in [0.15, 0.2) is 0 Å². The van der Waals surface area contributed by atoms with Crippen LogP contribution in [0.3, 0.4) is 0 Å². The highest BCUT2D eigenvalue weighted by atomic mass is 16.5. The van der Waals surface area contributed by atoms with E-state index in [0.717, 1.165) is 63.1 Å². The second-order valence-corrected chi connectivity index (χ2v) is 12.2. The lowest BCUT2D eigenvalue weighted by molar-refractivity contribution is -0.151. The Kier molecular flexibility index (Phi) is 10.2. The number of imidazole rings is 1. The van der Waals surface area contributed by atoms with Gasteiger partial charge in [-0.1, -0.05) is 36.4 Å². The maximum absolute atomic E-state index is 12.8. The molecule has 222 valence electrons. The van der Waals surface area contributed by atoms with Crippen LogP contribution in [0.15, 0.2) is 48.5 Å². The van der Waals surface area contributed by atoms with Crippen LogP contribution in [0.4, 0.5) is 0 Å². The van der Waals surface area contributed by atoms with Crippen LogP contribution in [0, 0.1) is 0 Å². The first-order valence-corrected chi connectivity index (χ1v) is 14.9. The number of hydrogen-bond donors (Lipinski definition) is 1. The molecule has 0 atom stereocenters. The second-order valence-electron chi connectivity index (χ2n) is 12.2. The zero-order valence-corrected chi connectivity index (χ0v) is 25.3. The average molecular weight is 563 g/mol. The number of rotatable bonds is 14. The molecule has 0 saturated carbocycles. The van der Waals surface area contributed by atoms with Gasteiger partial charge in [0.1, 0.15) is 12.4 Å². The SMILES string of the molecule is CCOCCn1c(C2CCN(CCc3ccc(C(C)(C)C(=O)OCC(C)(C)NC=O)cc3)CC2)nc2ccccc21. The van der Waals surface area contributed by atoms with Gasteiger partial charge in [-0.05, 0) is 90.2 Å². The summed E-state index contributed by atoms with van der Waals surface area (Å²) in [6.07, 6.45) is 3.80. The number of fused-ring (bicyclic) bond motifs is 1. The molecule has 41 heavy (non-hydrogen) atoms. The summed E-state index contributed by atoms with van der Waals surface area (Å²) in [5.74, 6) is 1.35. The second kappa shape index (κ2) is 13.6. The fourth-order valence-electron chi connectivity index (χ4n) is 5.48. The van der Waals surface area contributed by atoms with E-state index in [1.807, 2.05) is 46.8 Å². The smallest absolute Gasteiger partial charge is 0.316 e. The quantitative estimate of drug-likeness (QED) is 0.172. The summed E-state index contributed by atoms with van der Waals surface area (Å²) in [5, 5.41) is 2.67. The van der Waals surface area contributed by atoms with E-state index < -0.39 is 11.0 Å². The van der Waals surface area contributed by atoms with E-state index in [0.29, 0.717) is 18.9 Å². The first-order chi connectivity index (χ1) is 19.6. The number of piperidine rings is 1. The van der Waals surface area contributed by atoms with Crippen molar-refractivity contribution in [3.63, 3.8) is 0 Å². The molecule has 0 bridgehead atoms. The molecule has 2 heterocycles. The highest BCUT2D eigenvalue weighted by Crippen LogP contribution is 2.31. The van der Waals surface area contributed by atoms with Crippen LogP contribution in [-0.4, -0.2) is 71.8 Å². The van der Waals surface area contributed by atoms with Gasteiger partial charge in [0.2, 0.25) is 6.41 Å². The maximum Gasteiger partial charge on any atom is 0.316 e. The molecule has 1 aliphatic rings.